The van der Waals surface area contributed by atoms with Crippen molar-refractivity contribution in [2.75, 3.05) is 17.9 Å². The summed E-state index contributed by atoms with van der Waals surface area (Å²) in [7, 11) is -4.08. The van der Waals surface area contributed by atoms with E-state index in [1.165, 1.54) is 49.4 Å². The maximum absolute atomic E-state index is 12.5. The highest BCUT2D eigenvalue weighted by atomic mass is 32.2. The number of rotatable bonds is 9. The van der Waals surface area contributed by atoms with E-state index in [0.717, 1.165) is 18.9 Å². The number of ether oxygens (including phenoxy) is 2. The van der Waals surface area contributed by atoms with Gasteiger partial charge in [0.05, 0.1) is 21.5 Å². The lowest BCUT2D eigenvalue weighted by atomic mass is 10.2. The quantitative estimate of drug-likeness (QED) is 0.317. The molecule has 0 saturated carbocycles. The van der Waals surface area contributed by atoms with Crippen LogP contribution in [0.15, 0.2) is 53.4 Å². The molecule has 2 aromatic rings. The molecule has 0 unspecified atom stereocenters. The second-order valence-corrected chi connectivity index (χ2v) is 9.05. The van der Waals surface area contributed by atoms with Crippen molar-refractivity contribution in [3.05, 3.63) is 64.2 Å². The van der Waals surface area contributed by atoms with E-state index in [0.29, 0.717) is 13.2 Å². The van der Waals surface area contributed by atoms with Gasteiger partial charge in [0.2, 0.25) is 0 Å². The zero-order valence-electron chi connectivity index (χ0n) is 17.7. The first kappa shape index (κ1) is 24.1. The van der Waals surface area contributed by atoms with Gasteiger partial charge in [0.15, 0.2) is 6.10 Å². The summed E-state index contributed by atoms with van der Waals surface area (Å²) in [6, 6.07) is 9.98. The number of nitrogens with zero attached hydrogens (tertiary/aromatic N) is 1. The molecule has 0 aromatic heterocycles. The number of non-ortho nitro benzene ring substituents is 1. The van der Waals surface area contributed by atoms with Gasteiger partial charge in [0, 0.05) is 31.0 Å². The fourth-order valence-corrected chi connectivity index (χ4v) is 4.20. The lowest BCUT2D eigenvalue weighted by Gasteiger charge is -2.16. The molecule has 12 heteroatoms. The fourth-order valence-electron chi connectivity index (χ4n) is 3.10. The van der Waals surface area contributed by atoms with E-state index in [1.807, 2.05) is 0 Å². The number of nitrogens with one attached hydrogen (secondary N) is 2. The Hall–Kier alpha value is -3.51. The van der Waals surface area contributed by atoms with Crippen molar-refractivity contribution in [2.24, 2.45) is 0 Å². The number of benzene rings is 2. The summed E-state index contributed by atoms with van der Waals surface area (Å²) in [5, 5.41) is 13.6. The lowest BCUT2D eigenvalue weighted by molar-refractivity contribution is -0.385. The first-order chi connectivity index (χ1) is 15.7. The van der Waals surface area contributed by atoms with Crippen molar-refractivity contribution >= 4 is 33.3 Å². The van der Waals surface area contributed by atoms with Crippen LogP contribution in [-0.2, 0) is 24.3 Å². The Kier molecular flexibility index (Phi) is 7.61. The van der Waals surface area contributed by atoms with Crippen LogP contribution >= 0.6 is 0 Å². The van der Waals surface area contributed by atoms with Crippen LogP contribution < -0.4 is 10.0 Å². The van der Waals surface area contributed by atoms with Gasteiger partial charge in [-0.2, -0.15) is 0 Å². The third kappa shape index (κ3) is 6.49. The molecule has 2 aromatic carbocycles. The molecule has 1 aliphatic rings. The maximum Gasteiger partial charge on any atom is 0.338 e. The van der Waals surface area contributed by atoms with E-state index >= 15 is 0 Å². The van der Waals surface area contributed by atoms with Crippen LogP contribution in [0.4, 0.5) is 11.4 Å². The average Bonchev–Trinajstić information content (AvgIpc) is 3.31. The third-order valence-corrected chi connectivity index (χ3v) is 6.27. The third-order valence-electron chi connectivity index (χ3n) is 4.89. The van der Waals surface area contributed by atoms with E-state index < -0.39 is 32.9 Å². The van der Waals surface area contributed by atoms with Crippen LogP contribution in [0.1, 0.15) is 30.1 Å². The van der Waals surface area contributed by atoms with Crippen molar-refractivity contribution < 1.29 is 32.4 Å². The molecule has 0 radical (unpaired) electrons. The molecule has 1 saturated heterocycles. The molecule has 3 rings (SSSR count). The highest BCUT2D eigenvalue weighted by Crippen LogP contribution is 2.21. The Morgan fingerprint density at radius 3 is 2.61 bits per heavy atom. The molecule has 11 nitrogen and oxygen atoms in total. The van der Waals surface area contributed by atoms with Gasteiger partial charge in [0.1, 0.15) is 0 Å². The van der Waals surface area contributed by atoms with E-state index in [-0.39, 0.29) is 27.9 Å². The Bertz CT molecular complexity index is 1130. The summed E-state index contributed by atoms with van der Waals surface area (Å²) in [5.74, 6) is -1.19. The molecule has 1 amide bonds. The molecular formula is C21H23N3O8S. The van der Waals surface area contributed by atoms with Gasteiger partial charge in [-0.25, -0.2) is 13.2 Å². The zero-order valence-corrected chi connectivity index (χ0v) is 18.5. The Morgan fingerprint density at radius 2 is 1.97 bits per heavy atom. The SMILES string of the molecule is C[C@H](OC(=O)c1ccc(NS(=O)(=O)c2cccc([N+](=O)[O-])c2)cc1)C(=O)NC[C@H]1CCCO1. The molecule has 1 aliphatic heterocycles. The normalized spacial score (nSPS) is 16.6. The summed E-state index contributed by atoms with van der Waals surface area (Å²) in [5.41, 5.74) is -0.0997. The molecule has 2 N–H and O–H groups in total. The lowest BCUT2D eigenvalue weighted by Crippen LogP contribution is -2.39. The molecule has 2 atom stereocenters. The number of amides is 1. The van der Waals surface area contributed by atoms with Crippen LogP contribution in [0.2, 0.25) is 0 Å². The van der Waals surface area contributed by atoms with Crippen LogP contribution in [0.3, 0.4) is 0 Å². The van der Waals surface area contributed by atoms with Gasteiger partial charge in [0.25, 0.3) is 21.6 Å². The molecule has 0 aliphatic carbocycles. The van der Waals surface area contributed by atoms with Crippen molar-refractivity contribution in [1.82, 2.24) is 5.32 Å². The first-order valence-corrected chi connectivity index (χ1v) is 11.6. The average molecular weight is 477 g/mol. The first-order valence-electron chi connectivity index (χ1n) is 10.1. The molecule has 0 spiro atoms. The maximum atomic E-state index is 12.5. The minimum absolute atomic E-state index is 0.0322. The number of hydrogen-bond acceptors (Lipinski definition) is 8. The van der Waals surface area contributed by atoms with Crippen molar-refractivity contribution in [1.29, 1.82) is 0 Å². The second-order valence-electron chi connectivity index (χ2n) is 7.37. The number of hydrogen-bond donors (Lipinski definition) is 2. The second kappa shape index (κ2) is 10.4. The number of nitro groups is 1. The monoisotopic (exact) mass is 477 g/mol. The highest BCUT2D eigenvalue weighted by molar-refractivity contribution is 7.92. The highest BCUT2D eigenvalue weighted by Gasteiger charge is 2.22. The summed E-state index contributed by atoms with van der Waals surface area (Å²) < 4.78 is 37.9. The molecule has 1 heterocycles. The van der Waals surface area contributed by atoms with E-state index in [4.69, 9.17) is 9.47 Å². The summed E-state index contributed by atoms with van der Waals surface area (Å²) >= 11 is 0. The number of carbonyl (C=O) groups excluding carboxylic acids is 2. The Morgan fingerprint density at radius 1 is 1.24 bits per heavy atom. The Balaban J connectivity index is 1.57. The van der Waals surface area contributed by atoms with Gasteiger partial charge in [-0.3, -0.25) is 19.6 Å². The molecule has 1 fully saturated rings. The van der Waals surface area contributed by atoms with E-state index in [1.54, 1.807) is 0 Å². The molecule has 33 heavy (non-hydrogen) atoms. The minimum Gasteiger partial charge on any atom is -0.449 e. The number of nitro benzene ring substituents is 1. The van der Waals surface area contributed by atoms with E-state index in [2.05, 4.69) is 10.0 Å². The van der Waals surface area contributed by atoms with Gasteiger partial charge in [-0.15, -0.1) is 0 Å². The van der Waals surface area contributed by atoms with Crippen molar-refractivity contribution in [3.8, 4) is 0 Å². The standard InChI is InChI=1S/C21H23N3O8S/c1-14(20(25)22-13-18-5-3-11-31-18)32-21(26)15-7-9-16(10-8-15)23-33(29,30)19-6-2-4-17(12-19)24(27)28/h2,4,6-10,12,14,18,23H,3,5,11,13H2,1H3,(H,22,25)/t14-,18+/m0/s1. The fraction of sp³-hybridized carbons (Fsp3) is 0.333. The van der Waals surface area contributed by atoms with Crippen LogP contribution in [0.25, 0.3) is 0 Å². The van der Waals surface area contributed by atoms with Gasteiger partial charge >= 0.3 is 5.97 Å². The predicted molar refractivity (Wildman–Crippen MR) is 117 cm³/mol. The topological polar surface area (TPSA) is 154 Å². The number of anilines is 1. The van der Waals surface area contributed by atoms with Crippen LogP contribution in [0.5, 0.6) is 0 Å². The number of carbonyl (C=O) groups is 2. The van der Waals surface area contributed by atoms with Crippen LogP contribution in [-0.4, -0.2) is 50.6 Å². The van der Waals surface area contributed by atoms with Gasteiger partial charge in [-0.05, 0) is 50.1 Å². The number of sulfonamides is 1. The molecular weight excluding hydrogens is 454 g/mol. The van der Waals surface area contributed by atoms with Crippen molar-refractivity contribution in [3.63, 3.8) is 0 Å². The number of esters is 1. The summed E-state index contributed by atoms with van der Waals surface area (Å²) in [6.07, 6.45) is 0.759. The zero-order chi connectivity index (χ0) is 24.0. The van der Waals surface area contributed by atoms with E-state index in [9.17, 15) is 28.1 Å². The van der Waals surface area contributed by atoms with Crippen molar-refractivity contribution in [2.45, 2.75) is 36.9 Å². The Labute approximate surface area is 190 Å². The van der Waals surface area contributed by atoms with Gasteiger partial charge < -0.3 is 14.8 Å². The molecule has 176 valence electrons. The van der Waals surface area contributed by atoms with Gasteiger partial charge in [-0.1, -0.05) is 6.07 Å². The minimum atomic E-state index is -4.08. The van der Waals surface area contributed by atoms with Crippen LogP contribution in [0, 0.1) is 10.1 Å². The largest absolute Gasteiger partial charge is 0.449 e. The predicted octanol–water partition coefficient (Wildman–Crippen LogP) is 2.24. The molecule has 0 bridgehead atoms. The summed E-state index contributed by atoms with van der Waals surface area (Å²) in [6.45, 7) is 2.47. The smallest absolute Gasteiger partial charge is 0.338 e. The summed E-state index contributed by atoms with van der Waals surface area (Å²) in [4.78, 5) is 34.3.